The Morgan fingerprint density at radius 2 is 1.05 bits per heavy atom. The van der Waals surface area contributed by atoms with Crippen molar-refractivity contribution in [3.8, 4) is 33.4 Å². The standard InChI is InChI=1S/C59H41NO2/c1-38-15-10-18-40(35-38)45-25-12-16-39-17-13-27-51(58(39)45)47-22-3-7-30-54(47)60(43-20-11-19-41(36-43)46-26-14-28-52-49-24-5-9-32-56(49)62-59(46)52)53-29-6-2-21-44(53)42-33-34-50-48-23-4-8-31-55(48)61-57(50)37-42/h2-14,16-38H,15H2,1H3. The number of furan rings is 2. The van der Waals surface area contributed by atoms with E-state index in [2.05, 4.69) is 200 Å². The first-order chi connectivity index (χ1) is 30.7. The largest absolute Gasteiger partial charge is 0.456 e. The zero-order valence-corrected chi connectivity index (χ0v) is 34.3. The van der Waals surface area contributed by atoms with Crippen LogP contribution in [0.15, 0.2) is 221 Å². The summed E-state index contributed by atoms with van der Waals surface area (Å²) in [7, 11) is 0. The molecule has 9 aromatic carbocycles. The molecule has 2 aromatic heterocycles. The number of fused-ring (bicyclic) bond motifs is 7. The van der Waals surface area contributed by atoms with Crippen molar-refractivity contribution in [2.24, 2.45) is 5.92 Å². The second kappa shape index (κ2) is 14.7. The second-order valence-electron chi connectivity index (χ2n) is 16.5. The van der Waals surface area contributed by atoms with E-state index in [1.54, 1.807) is 0 Å². The summed E-state index contributed by atoms with van der Waals surface area (Å²) in [5.41, 5.74) is 15.9. The molecule has 0 fully saturated rings. The summed E-state index contributed by atoms with van der Waals surface area (Å²) in [5.74, 6) is 0.480. The van der Waals surface area contributed by atoms with Crippen LogP contribution in [0.3, 0.4) is 0 Å². The maximum absolute atomic E-state index is 6.60. The molecule has 12 rings (SSSR count). The zero-order valence-electron chi connectivity index (χ0n) is 34.3. The molecule has 0 saturated heterocycles. The molecule has 3 heteroatoms. The molecule has 1 aliphatic rings. The normalized spacial score (nSPS) is 14.0. The highest BCUT2D eigenvalue weighted by Gasteiger charge is 2.24. The van der Waals surface area contributed by atoms with Crippen molar-refractivity contribution >= 4 is 77.3 Å². The van der Waals surface area contributed by atoms with Crippen LogP contribution in [0.2, 0.25) is 0 Å². The van der Waals surface area contributed by atoms with Gasteiger partial charge in [0.15, 0.2) is 0 Å². The van der Waals surface area contributed by atoms with E-state index in [4.69, 9.17) is 8.83 Å². The molecule has 0 bridgehead atoms. The first kappa shape index (κ1) is 36.0. The molecule has 3 nitrogen and oxygen atoms in total. The number of para-hydroxylation sites is 5. The number of hydrogen-bond donors (Lipinski definition) is 0. The summed E-state index contributed by atoms with van der Waals surface area (Å²) in [4.78, 5) is 2.44. The zero-order chi connectivity index (χ0) is 41.1. The van der Waals surface area contributed by atoms with Crippen LogP contribution in [0, 0.1) is 5.92 Å². The summed E-state index contributed by atoms with van der Waals surface area (Å²) in [6, 6.07) is 69.6. The fourth-order valence-corrected chi connectivity index (χ4v) is 9.72. The van der Waals surface area contributed by atoms with E-state index in [1.807, 2.05) is 24.3 Å². The summed E-state index contributed by atoms with van der Waals surface area (Å²) in [6.45, 7) is 2.30. The number of anilines is 3. The van der Waals surface area contributed by atoms with Gasteiger partial charge in [0, 0.05) is 43.9 Å². The van der Waals surface area contributed by atoms with Crippen molar-refractivity contribution in [1.29, 1.82) is 0 Å². The molecule has 0 spiro atoms. The predicted molar refractivity (Wildman–Crippen MR) is 260 cm³/mol. The fraction of sp³-hybridized carbons (Fsp3) is 0.0508. The van der Waals surface area contributed by atoms with Crippen LogP contribution >= 0.6 is 0 Å². The first-order valence-corrected chi connectivity index (χ1v) is 21.5. The Hall–Kier alpha value is -7.88. The van der Waals surface area contributed by atoms with Gasteiger partial charge < -0.3 is 13.7 Å². The van der Waals surface area contributed by atoms with Gasteiger partial charge in [-0.1, -0.05) is 171 Å². The van der Waals surface area contributed by atoms with Crippen molar-refractivity contribution in [3.05, 3.63) is 218 Å². The van der Waals surface area contributed by atoms with E-state index in [0.29, 0.717) is 5.92 Å². The van der Waals surface area contributed by atoms with Gasteiger partial charge in [0.1, 0.15) is 22.3 Å². The van der Waals surface area contributed by atoms with Gasteiger partial charge in [-0.05, 0) is 99.5 Å². The Labute approximate surface area is 360 Å². The summed E-state index contributed by atoms with van der Waals surface area (Å²) in [6.07, 6.45) is 8.10. The van der Waals surface area contributed by atoms with Crippen molar-refractivity contribution < 1.29 is 8.83 Å². The van der Waals surface area contributed by atoms with Gasteiger partial charge in [-0.15, -0.1) is 0 Å². The predicted octanol–water partition coefficient (Wildman–Crippen LogP) is 17.1. The smallest absolute Gasteiger partial charge is 0.143 e. The van der Waals surface area contributed by atoms with E-state index in [1.165, 1.54) is 27.5 Å². The molecule has 0 radical (unpaired) electrons. The molecular formula is C59H41NO2. The highest BCUT2D eigenvalue weighted by Crippen LogP contribution is 2.48. The van der Waals surface area contributed by atoms with Gasteiger partial charge in [-0.2, -0.15) is 0 Å². The molecule has 1 unspecified atom stereocenters. The van der Waals surface area contributed by atoms with Crippen LogP contribution in [-0.4, -0.2) is 0 Å². The van der Waals surface area contributed by atoms with Crippen LogP contribution in [-0.2, 0) is 0 Å². The molecule has 294 valence electrons. The number of allylic oxidation sites excluding steroid dienone is 4. The van der Waals surface area contributed by atoms with Crippen molar-refractivity contribution in [2.75, 3.05) is 4.90 Å². The average Bonchev–Trinajstić information content (AvgIpc) is 3.90. The van der Waals surface area contributed by atoms with Gasteiger partial charge >= 0.3 is 0 Å². The molecule has 0 saturated carbocycles. The van der Waals surface area contributed by atoms with Gasteiger partial charge in [0.05, 0.1) is 11.4 Å². The summed E-state index contributed by atoms with van der Waals surface area (Å²) in [5, 5.41) is 6.93. The minimum absolute atomic E-state index is 0.480. The third kappa shape index (κ3) is 5.96. The number of benzene rings is 9. The first-order valence-electron chi connectivity index (χ1n) is 21.5. The molecular weight excluding hydrogens is 755 g/mol. The third-order valence-corrected chi connectivity index (χ3v) is 12.6. The molecule has 2 heterocycles. The molecule has 1 aliphatic carbocycles. The lowest BCUT2D eigenvalue weighted by molar-refractivity contribution is 0.669. The van der Waals surface area contributed by atoms with Crippen LogP contribution in [0.25, 0.3) is 93.6 Å². The monoisotopic (exact) mass is 795 g/mol. The lowest BCUT2D eigenvalue weighted by Gasteiger charge is -2.30. The van der Waals surface area contributed by atoms with Crippen LogP contribution in [0.4, 0.5) is 17.1 Å². The summed E-state index contributed by atoms with van der Waals surface area (Å²) < 4.78 is 13.1. The van der Waals surface area contributed by atoms with Crippen LogP contribution in [0.5, 0.6) is 0 Å². The minimum atomic E-state index is 0.480. The summed E-state index contributed by atoms with van der Waals surface area (Å²) >= 11 is 0. The molecule has 1 atom stereocenters. The average molecular weight is 796 g/mol. The van der Waals surface area contributed by atoms with E-state index in [0.717, 1.165) is 95.2 Å². The molecule has 0 aliphatic heterocycles. The quantitative estimate of drug-likeness (QED) is 0.161. The SMILES string of the molecule is CC1C=C(c2cccc3cccc(-c4ccccc4N(c4cccc(-c5cccc6c5oc5ccccc56)c4)c4ccccc4-c4ccc5c(c4)oc4ccccc45)c23)C=CC1. The van der Waals surface area contributed by atoms with Crippen molar-refractivity contribution in [1.82, 2.24) is 0 Å². The van der Waals surface area contributed by atoms with E-state index in [-0.39, 0.29) is 0 Å². The third-order valence-electron chi connectivity index (χ3n) is 12.6. The van der Waals surface area contributed by atoms with Gasteiger partial charge in [0.2, 0.25) is 0 Å². The van der Waals surface area contributed by atoms with E-state index >= 15 is 0 Å². The maximum Gasteiger partial charge on any atom is 0.143 e. The van der Waals surface area contributed by atoms with Crippen molar-refractivity contribution in [2.45, 2.75) is 13.3 Å². The van der Waals surface area contributed by atoms with Crippen LogP contribution in [0.1, 0.15) is 18.9 Å². The molecule has 62 heavy (non-hydrogen) atoms. The Balaban J connectivity index is 1.10. The highest BCUT2D eigenvalue weighted by atomic mass is 16.3. The maximum atomic E-state index is 6.60. The van der Waals surface area contributed by atoms with E-state index < -0.39 is 0 Å². The van der Waals surface area contributed by atoms with E-state index in [9.17, 15) is 0 Å². The Morgan fingerprint density at radius 1 is 0.452 bits per heavy atom. The Bertz CT molecular complexity index is 3590. The van der Waals surface area contributed by atoms with Gasteiger partial charge in [-0.25, -0.2) is 0 Å². The minimum Gasteiger partial charge on any atom is -0.456 e. The number of hydrogen-bond acceptors (Lipinski definition) is 3. The topological polar surface area (TPSA) is 29.5 Å². The lowest BCUT2D eigenvalue weighted by atomic mass is 9.87. The second-order valence-corrected chi connectivity index (χ2v) is 16.5. The molecule has 0 amide bonds. The Kier molecular flexibility index (Phi) is 8.53. The Morgan fingerprint density at radius 3 is 1.87 bits per heavy atom. The van der Waals surface area contributed by atoms with Crippen LogP contribution < -0.4 is 4.90 Å². The molecule has 11 aromatic rings. The fourth-order valence-electron chi connectivity index (χ4n) is 9.72. The van der Waals surface area contributed by atoms with Gasteiger partial charge in [-0.3, -0.25) is 0 Å². The lowest BCUT2D eigenvalue weighted by Crippen LogP contribution is -2.12. The van der Waals surface area contributed by atoms with Gasteiger partial charge in [0.25, 0.3) is 0 Å². The number of nitrogens with zero attached hydrogens (tertiary/aromatic N) is 1. The molecule has 0 N–H and O–H groups in total. The van der Waals surface area contributed by atoms with Crippen molar-refractivity contribution in [3.63, 3.8) is 0 Å². The highest BCUT2D eigenvalue weighted by molar-refractivity contribution is 6.11. The number of rotatable bonds is 7.